The first-order valence-electron chi connectivity index (χ1n) is 17.6. The van der Waals surface area contributed by atoms with Gasteiger partial charge in [-0.1, -0.05) is 73.9 Å². The lowest BCUT2D eigenvalue weighted by Crippen LogP contribution is -2.63. The molecule has 270 valence electrons. The number of rotatable bonds is 7. The monoisotopic (exact) mass is 697 g/mol. The van der Waals surface area contributed by atoms with Crippen molar-refractivity contribution in [2.75, 3.05) is 26.8 Å². The quantitative estimate of drug-likeness (QED) is 0.254. The predicted molar refractivity (Wildman–Crippen MR) is 191 cm³/mol. The van der Waals surface area contributed by atoms with Crippen LogP contribution in [-0.4, -0.2) is 74.0 Å². The second kappa shape index (κ2) is 18.0. The number of fused-ring (bicyclic) bond motifs is 1. The number of ether oxygens (including phenoxy) is 2. The molecule has 5 rings (SSSR count). The Hall–Kier alpha value is -5.39. The first kappa shape index (κ1) is 36.9. The summed E-state index contributed by atoms with van der Waals surface area (Å²) in [6.45, 7) is 0.713. The van der Waals surface area contributed by atoms with Crippen LogP contribution in [0.25, 0.3) is 0 Å². The molecule has 3 aromatic carbocycles. The second-order valence-electron chi connectivity index (χ2n) is 13.0. The Morgan fingerprint density at radius 2 is 1.63 bits per heavy atom. The third kappa shape index (κ3) is 10.3. The minimum atomic E-state index is -1.28. The van der Waals surface area contributed by atoms with Gasteiger partial charge in [0, 0.05) is 19.5 Å². The fraction of sp³-hybridized carbons (Fsp3) is 0.410. The minimum absolute atomic E-state index is 0.194. The Kier molecular flexibility index (Phi) is 13.0. The van der Waals surface area contributed by atoms with E-state index in [0.29, 0.717) is 50.0 Å². The van der Waals surface area contributed by atoms with Crippen molar-refractivity contribution < 1.29 is 33.4 Å². The van der Waals surface area contributed by atoms with Crippen LogP contribution in [0.15, 0.2) is 78.9 Å². The number of amides is 5. The van der Waals surface area contributed by atoms with E-state index in [1.165, 1.54) is 0 Å². The summed E-state index contributed by atoms with van der Waals surface area (Å²) < 4.78 is 11.2. The molecule has 0 unspecified atom stereocenters. The summed E-state index contributed by atoms with van der Waals surface area (Å²) in [6.07, 6.45) is 3.82. The zero-order valence-corrected chi connectivity index (χ0v) is 29.0. The molecular formula is C39H47N5O7. The fourth-order valence-corrected chi connectivity index (χ4v) is 6.52. The van der Waals surface area contributed by atoms with E-state index in [2.05, 4.69) is 26.6 Å². The van der Waals surface area contributed by atoms with Crippen LogP contribution in [0.3, 0.4) is 0 Å². The molecule has 3 aromatic rings. The largest absolute Gasteiger partial charge is 0.497 e. The maximum absolute atomic E-state index is 14.1. The lowest BCUT2D eigenvalue weighted by Gasteiger charge is -2.38. The van der Waals surface area contributed by atoms with E-state index >= 15 is 0 Å². The second-order valence-corrected chi connectivity index (χ2v) is 13.0. The Morgan fingerprint density at radius 1 is 0.882 bits per heavy atom. The van der Waals surface area contributed by atoms with E-state index < -0.39 is 47.7 Å². The highest BCUT2D eigenvalue weighted by molar-refractivity contribution is 6.01. The van der Waals surface area contributed by atoms with E-state index in [0.717, 1.165) is 17.5 Å². The summed E-state index contributed by atoms with van der Waals surface area (Å²) in [5.41, 5.74) is 0.728. The average molecular weight is 698 g/mol. The first-order valence-corrected chi connectivity index (χ1v) is 17.6. The molecule has 12 heteroatoms. The molecule has 5 N–H and O–H groups in total. The van der Waals surface area contributed by atoms with Gasteiger partial charge in [-0.3, -0.25) is 24.0 Å². The lowest BCUT2D eigenvalue weighted by atomic mass is 9.80. The molecule has 0 radical (unpaired) electrons. The number of carbonyl (C=O) groups excluding carboxylic acids is 5. The smallest absolute Gasteiger partial charge is 0.255 e. The minimum Gasteiger partial charge on any atom is -0.497 e. The van der Waals surface area contributed by atoms with Crippen molar-refractivity contribution >= 4 is 29.5 Å². The van der Waals surface area contributed by atoms with E-state index in [4.69, 9.17) is 9.47 Å². The van der Waals surface area contributed by atoms with Gasteiger partial charge < -0.3 is 36.1 Å². The maximum Gasteiger partial charge on any atom is 0.255 e. The molecule has 1 aliphatic heterocycles. The van der Waals surface area contributed by atoms with Gasteiger partial charge in [0.05, 0.1) is 25.7 Å². The molecular weight excluding hydrogens is 650 g/mol. The number of para-hydroxylation sites is 1. The van der Waals surface area contributed by atoms with Gasteiger partial charge in [0.25, 0.3) is 5.91 Å². The molecule has 12 nitrogen and oxygen atoms in total. The van der Waals surface area contributed by atoms with Crippen LogP contribution in [0.1, 0.15) is 66.4 Å². The van der Waals surface area contributed by atoms with Crippen LogP contribution in [0.5, 0.6) is 11.5 Å². The third-order valence-corrected chi connectivity index (χ3v) is 9.29. The van der Waals surface area contributed by atoms with Crippen molar-refractivity contribution in [3.05, 3.63) is 95.6 Å². The first-order chi connectivity index (χ1) is 24.8. The van der Waals surface area contributed by atoms with Crippen LogP contribution in [0.4, 0.5) is 0 Å². The molecule has 1 saturated carbocycles. The predicted octanol–water partition coefficient (Wildman–Crippen LogP) is 2.99. The molecule has 1 aliphatic carbocycles. The summed E-state index contributed by atoms with van der Waals surface area (Å²) in [5.74, 6) is -1.51. The van der Waals surface area contributed by atoms with E-state index in [1.807, 2.05) is 54.6 Å². The molecule has 2 atom stereocenters. The third-order valence-electron chi connectivity index (χ3n) is 9.29. The van der Waals surface area contributed by atoms with Gasteiger partial charge >= 0.3 is 0 Å². The highest BCUT2D eigenvalue weighted by Gasteiger charge is 2.43. The number of carbonyl (C=O) groups is 5. The van der Waals surface area contributed by atoms with Gasteiger partial charge in [0.2, 0.25) is 23.6 Å². The van der Waals surface area contributed by atoms with E-state index in [9.17, 15) is 24.0 Å². The van der Waals surface area contributed by atoms with Gasteiger partial charge in [-0.2, -0.15) is 0 Å². The zero-order chi connectivity index (χ0) is 36.1. The highest BCUT2D eigenvalue weighted by atomic mass is 16.5. The van der Waals surface area contributed by atoms with Crippen molar-refractivity contribution in [2.24, 2.45) is 0 Å². The summed E-state index contributed by atoms with van der Waals surface area (Å²) in [4.78, 5) is 68.7. The van der Waals surface area contributed by atoms with Crippen molar-refractivity contribution in [3.8, 4) is 11.5 Å². The highest BCUT2D eigenvalue weighted by Crippen LogP contribution is 2.29. The number of nitrogens with one attached hydrogen (secondary N) is 5. The Morgan fingerprint density at radius 3 is 2.41 bits per heavy atom. The van der Waals surface area contributed by atoms with Crippen molar-refractivity contribution in [3.63, 3.8) is 0 Å². The van der Waals surface area contributed by atoms with Crippen LogP contribution < -0.4 is 36.1 Å². The molecule has 0 saturated heterocycles. The Labute approximate surface area is 298 Å². The number of hydrogen-bond donors (Lipinski definition) is 5. The molecule has 0 aromatic heterocycles. The normalized spacial score (nSPS) is 20.2. The standard InChI is InChI=1S/C39H47N5O7/c1-50-29-15-10-14-28(24-29)18-22-41-37(48)32-26-34(45)44-39(19-8-3-9-20-39)38(49)43-31(25-27-12-4-2-5-13-27)36(47)40-21-11-23-51-33-17-7-6-16-30(33)35(46)42-32/h2,4-7,10,12-17,24,31-32H,3,8-9,11,18-23,25-26H2,1H3,(H,40,47)(H,41,48)(H,42,46)(H,43,49)(H,44,45)/t31-,32-/m0/s1. The molecule has 1 heterocycles. The zero-order valence-electron chi connectivity index (χ0n) is 29.0. The molecule has 0 bridgehead atoms. The Balaban J connectivity index is 1.40. The number of methoxy groups -OCH3 is 1. The topological polar surface area (TPSA) is 164 Å². The lowest BCUT2D eigenvalue weighted by molar-refractivity contribution is -0.138. The van der Waals surface area contributed by atoms with E-state index in [1.54, 1.807) is 31.4 Å². The molecule has 1 spiro atoms. The van der Waals surface area contributed by atoms with Gasteiger partial charge in [-0.15, -0.1) is 0 Å². The molecule has 1 fully saturated rings. The molecule has 5 amide bonds. The summed E-state index contributed by atoms with van der Waals surface area (Å²) >= 11 is 0. The summed E-state index contributed by atoms with van der Waals surface area (Å²) in [7, 11) is 1.58. The van der Waals surface area contributed by atoms with Crippen LogP contribution in [0, 0.1) is 0 Å². The number of benzene rings is 3. The SMILES string of the molecule is COc1cccc(CCNC(=O)[C@@H]2CC(=O)NC3(CCCCC3)C(=O)N[C@@H](Cc3ccccc3)C(=O)NCCCOc3ccccc3C(=O)N2)c1. The summed E-state index contributed by atoms with van der Waals surface area (Å²) in [5, 5.41) is 14.4. The van der Waals surface area contributed by atoms with Crippen LogP contribution >= 0.6 is 0 Å². The van der Waals surface area contributed by atoms with Crippen LogP contribution in [-0.2, 0) is 32.0 Å². The fourth-order valence-electron chi connectivity index (χ4n) is 6.52. The van der Waals surface area contributed by atoms with Crippen molar-refractivity contribution in [1.29, 1.82) is 0 Å². The van der Waals surface area contributed by atoms with Gasteiger partial charge in [-0.25, -0.2) is 0 Å². The summed E-state index contributed by atoms with van der Waals surface area (Å²) in [6, 6.07) is 21.4. The van der Waals surface area contributed by atoms with Gasteiger partial charge in [0.1, 0.15) is 29.1 Å². The Bertz CT molecular complexity index is 1680. The maximum atomic E-state index is 14.1. The average Bonchev–Trinajstić information content (AvgIpc) is 3.14. The molecule has 2 aliphatic rings. The number of hydrogen-bond acceptors (Lipinski definition) is 7. The molecule has 51 heavy (non-hydrogen) atoms. The van der Waals surface area contributed by atoms with Gasteiger partial charge in [-0.05, 0) is 61.1 Å². The van der Waals surface area contributed by atoms with Gasteiger partial charge in [0.15, 0.2) is 0 Å². The van der Waals surface area contributed by atoms with E-state index in [-0.39, 0.29) is 37.6 Å². The van der Waals surface area contributed by atoms with Crippen molar-refractivity contribution in [2.45, 2.75) is 75.4 Å². The van der Waals surface area contributed by atoms with Crippen LogP contribution in [0.2, 0.25) is 0 Å². The van der Waals surface area contributed by atoms with Crippen molar-refractivity contribution in [1.82, 2.24) is 26.6 Å².